The molecule has 0 aromatic heterocycles. The number of hydrogen-bond donors (Lipinski definition) is 0. The fraction of sp³-hybridized carbons (Fsp3) is 0.286. The molecule has 0 radical (unpaired) electrons. The smallest absolute Gasteiger partial charge is 0.417 e. The van der Waals surface area contributed by atoms with Crippen LogP contribution in [0.3, 0.4) is 0 Å². The lowest BCUT2D eigenvalue weighted by Gasteiger charge is -2.27. The Morgan fingerprint density at radius 3 is 2.38 bits per heavy atom. The molecule has 0 bridgehead atoms. The number of imide groups is 1. The van der Waals surface area contributed by atoms with Gasteiger partial charge in [-0.25, -0.2) is 9.69 Å². The van der Waals surface area contributed by atoms with E-state index in [-0.39, 0.29) is 6.61 Å². The lowest BCUT2D eigenvalue weighted by molar-refractivity contribution is -0.129. The van der Waals surface area contributed by atoms with Crippen molar-refractivity contribution in [1.29, 1.82) is 0 Å². The number of carbonyl (C=O) groups excluding carboxylic acids is 2. The molecule has 7 heteroatoms. The van der Waals surface area contributed by atoms with E-state index in [0.717, 1.165) is 10.5 Å². The van der Waals surface area contributed by atoms with E-state index < -0.39 is 21.8 Å². The van der Waals surface area contributed by atoms with Crippen LogP contribution in [-0.2, 0) is 16.1 Å². The molecule has 0 aliphatic carbocycles. The molecule has 0 heterocycles. The predicted octanol–water partition coefficient (Wildman–Crippen LogP) is 4.10. The molecule has 0 saturated heterocycles. The Morgan fingerprint density at radius 2 is 1.90 bits per heavy atom. The topological polar surface area (TPSA) is 46.6 Å². The van der Waals surface area contributed by atoms with Crippen molar-refractivity contribution in [2.24, 2.45) is 0 Å². The number of alkyl halides is 3. The van der Waals surface area contributed by atoms with Crippen LogP contribution >= 0.6 is 34.8 Å². The molecular weight excluding hydrogens is 337 g/mol. The van der Waals surface area contributed by atoms with Crippen molar-refractivity contribution in [2.75, 3.05) is 0 Å². The molecule has 21 heavy (non-hydrogen) atoms. The van der Waals surface area contributed by atoms with E-state index in [2.05, 4.69) is 6.58 Å². The summed E-state index contributed by atoms with van der Waals surface area (Å²) in [5.74, 6) is -0.988. The van der Waals surface area contributed by atoms with E-state index in [1.54, 1.807) is 31.2 Å². The maximum Gasteiger partial charge on any atom is 0.417 e. The van der Waals surface area contributed by atoms with Gasteiger partial charge in [0.05, 0.1) is 6.04 Å². The van der Waals surface area contributed by atoms with Crippen molar-refractivity contribution >= 4 is 46.8 Å². The first-order valence-corrected chi connectivity index (χ1v) is 7.14. The van der Waals surface area contributed by atoms with Gasteiger partial charge in [0.15, 0.2) is 0 Å². The van der Waals surface area contributed by atoms with Crippen molar-refractivity contribution < 1.29 is 14.3 Å². The monoisotopic (exact) mass is 349 g/mol. The lowest BCUT2D eigenvalue weighted by atomic mass is 10.2. The second-order valence-electron chi connectivity index (χ2n) is 4.19. The summed E-state index contributed by atoms with van der Waals surface area (Å²) < 4.78 is 2.82. The van der Waals surface area contributed by atoms with Gasteiger partial charge in [-0.15, -0.1) is 6.58 Å². The van der Waals surface area contributed by atoms with Crippen LogP contribution in [0, 0.1) is 0 Å². The first-order chi connectivity index (χ1) is 9.77. The van der Waals surface area contributed by atoms with Gasteiger partial charge in [-0.2, -0.15) is 0 Å². The largest absolute Gasteiger partial charge is 0.444 e. The van der Waals surface area contributed by atoms with Gasteiger partial charge in [-0.3, -0.25) is 4.79 Å². The molecule has 1 aromatic rings. The molecule has 0 aliphatic rings. The summed E-state index contributed by atoms with van der Waals surface area (Å²) in [5.41, 5.74) is 0.776. The van der Waals surface area contributed by atoms with Crippen LogP contribution in [0.15, 0.2) is 43.0 Å². The maximum absolute atomic E-state index is 12.1. The molecule has 2 amide bonds. The van der Waals surface area contributed by atoms with E-state index in [1.165, 1.54) is 6.08 Å². The van der Waals surface area contributed by atoms with Crippen molar-refractivity contribution in [3.63, 3.8) is 0 Å². The molecule has 114 valence electrons. The molecular formula is C14H14Cl3NO3. The summed E-state index contributed by atoms with van der Waals surface area (Å²) in [6.45, 7) is 5.08. The van der Waals surface area contributed by atoms with E-state index in [1.807, 2.05) is 6.07 Å². The molecule has 0 fully saturated rings. The van der Waals surface area contributed by atoms with Gasteiger partial charge in [0.2, 0.25) is 0 Å². The molecule has 1 rings (SSSR count). The summed E-state index contributed by atoms with van der Waals surface area (Å²) in [4.78, 5) is 24.8. The van der Waals surface area contributed by atoms with Crippen molar-refractivity contribution in [2.45, 2.75) is 23.4 Å². The van der Waals surface area contributed by atoms with Gasteiger partial charge in [0.1, 0.15) is 6.61 Å². The minimum absolute atomic E-state index is 0.00712. The Hall–Kier alpha value is -1.23. The van der Waals surface area contributed by atoms with Crippen LogP contribution in [0.1, 0.15) is 12.5 Å². The second kappa shape index (κ2) is 7.69. The van der Waals surface area contributed by atoms with Crippen LogP contribution in [0.25, 0.3) is 0 Å². The maximum atomic E-state index is 12.1. The normalized spacial score (nSPS) is 12.4. The molecule has 1 aromatic carbocycles. The number of hydrogen-bond acceptors (Lipinski definition) is 3. The Bertz CT molecular complexity index is 514. The van der Waals surface area contributed by atoms with Gasteiger partial charge in [0.25, 0.3) is 9.70 Å². The quantitative estimate of drug-likeness (QED) is 0.607. The van der Waals surface area contributed by atoms with Crippen LogP contribution in [-0.4, -0.2) is 26.7 Å². The third-order valence-electron chi connectivity index (χ3n) is 2.61. The second-order valence-corrected chi connectivity index (χ2v) is 6.47. The third-order valence-corrected chi connectivity index (χ3v) is 3.10. The minimum atomic E-state index is -2.25. The fourth-order valence-corrected chi connectivity index (χ4v) is 1.74. The highest BCUT2D eigenvalue weighted by Crippen LogP contribution is 2.30. The average Bonchev–Trinajstić information content (AvgIpc) is 2.45. The van der Waals surface area contributed by atoms with Crippen LogP contribution < -0.4 is 0 Å². The molecule has 0 N–H and O–H groups in total. The zero-order valence-corrected chi connectivity index (χ0v) is 13.5. The van der Waals surface area contributed by atoms with Gasteiger partial charge >= 0.3 is 6.09 Å². The molecule has 1 atom stereocenters. The van der Waals surface area contributed by atoms with Crippen molar-refractivity contribution in [1.82, 2.24) is 4.90 Å². The highest BCUT2D eigenvalue weighted by Gasteiger charge is 2.40. The summed E-state index contributed by atoms with van der Waals surface area (Å²) in [5, 5.41) is 0. The van der Waals surface area contributed by atoms with E-state index in [9.17, 15) is 9.59 Å². The Morgan fingerprint density at radius 1 is 1.33 bits per heavy atom. The molecule has 0 spiro atoms. The van der Waals surface area contributed by atoms with Gasteiger partial charge in [-0.1, -0.05) is 71.2 Å². The number of halogens is 3. The zero-order valence-electron chi connectivity index (χ0n) is 11.3. The summed E-state index contributed by atoms with van der Waals surface area (Å²) in [7, 11) is 0. The van der Waals surface area contributed by atoms with E-state index in [4.69, 9.17) is 39.5 Å². The molecule has 0 aliphatic heterocycles. The van der Waals surface area contributed by atoms with Gasteiger partial charge in [0, 0.05) is 0 Å². The Labute approximate surface area is 138 Å². The van der Waals surface area contributed by atoms with E-state index in [0.29, 0.717) is 0 Å². The zero-order chi connectivity index (χ0) is 16.0. The number of benzene rings is 1. The molecule has 1 unspecified atom stereocenters. The SMILES string of the molecule is C=CC(C)N(C(=O)OCc1ccccc1)C(=O)C(Cl)(Cl)Cl. The third kappa shape index (κ3) is 5.23. The summed E-state index contributed by atoms with van der Waals surface area (Å²) in [6, 6.07) is 8.34. The fourth-order valence-electron chi connectivity index (χ4n) is 1.46. The van der Waals surface area contributed by atoms with Crippen LogP contribution in [0.4, 0.5) is 4.79 Å². The van der Waals surface area contributed by atoms with Crippen molar-refractivity contribution in [3.8, 4) is 0 Å². The number of amides is 2. The lowest BCUT2D eigenvalue weighted by Crippen LogP contribution is -2.47. The Balaban J connectivity index is 2.81. The highest BCUT2D eigenvalue weighted by atomic mass is 35.6. The van der Waals surface area contributed by atoms with Crippen molar-refractivity contribution in [3.05, 3.63) is 48.6 Å². The Kier molecular flexibility index (Phi) is 6.52. The average molecular weight is 351 g/mol. The summed E-state index contributed by atoms with van der Waals surface area (Å²) in [6.07, 6.45) is 0.473. The number of carbonyl (C=O) groups is 2. The van der Waals surface area contributed by atoms with Crippen LogP contribution in [0.2, 0.25) is 0 Å². The minimum Gasteiger partial charge on any atom is -0.444 e. The van der Waals surface area contributed by atoms with E-state index >= 15 is 0 Å². The highest BCUT2D eigenvalue weighted by molar-refractivity contribution is 6.76. The number of nitrogens with zero attached hydrogens (tertiary/aromatic N) is 1. The van der Waals surface area contributed by atoms with Gasteiger partial charge in [-0.05, 0) is 12.5 Å². The summed E-state index contributed by atoms with van der Waals surface area (Å²) >= 11 is 16.6. The molecule has 0 saturated carbocycles. The van der Waals surface area contributed by atoms with Gasteiger partial charge < -0.3 is 4.74 Å². The first-order valence-electron chi connectivity index (χ1n) is 6.01. The first kappa shape index (κ1) is 17.8. The number of rotatable bonds is 4. The molecule has 4 nitrogen and oxygen atoms in total. The number of ether oxygens (including phenoxy) is 1. The van der Waals surface area contributed by atoms with Crippen LogP contribution in [0.5, 0.6) is 0 Å². The standard InChI is InChI=1S/C14H14Cl3NO3/c1-3-10(2)18(12(19)14(15,16)17)13(20)21-9-11-7-5-4-6-8-11/h3-8,10H,1,9H2,2H3. The predicted molar refractivity (Wildman–Crippen MR) is 83.4 cm³/mol.